The van der Waals surface area contributed by atoms with E-state index < -0.39 is 164 Å². The Bertz CT molecular complexity index is 3860. The zero-order chi connectivity index (χ0) is 77.9. The Morgan fingerprint density at radius 2 is 0.853 bits per heavy atom. The van der Waals surface area contributed by atoms with E-state index in [-0.39, 0.29) is 53.3 Å². The molecule has 0 amide bonds. The van der Waals surface area contributed by atoms with Crippen LogP contribution in [0.15, 0.2) is 192 Å². The van der Waals surface area contributed by atoms with Crippen LogP contribution in [0.4, 0.5) is 0 Å². The molecule has 23 nitrogen and oxygen atoms in total. The third-order valence-corrected chi connectivity index (χ3v) is 33.2. The van der Waals surface area contributed by atoms with E-state index in [2.05, 4.69) is 110 Å². The van der Waals surface area contributed by atoms with Crippen molar-refractivity contribution in [1.82, 2.24) is 0 Å². The van der Waals surface area contributed by atoms with Crippen molar-refractivity contribution in [1.29, 1.82) is 0 Å². The molecule has 4 radical (unpaired) electrons. The Balaban J connectivity index is 1.09. The second kappa shape index (κ2) is 40.0. The molecule has 0 aliphatic carbocycles. The molecule has 0 saturated carbocycles. The van der Waals surface area contributed by atoms with Crippen molar-refractivity contribution >= 4 is 95.0 Å². The fraction of sp³-hybridized carbons (Fsp3) is 0.513. The summed E-state index contributed by atoms with van der Waals surface area (Å²) in [6.45, 7) is 25.8. The summed E-state index contributed by atoms with van der Waals surface area (Å²) in [4.78, 5) is 32.8. The number of esters is 2. The summed E-state index contributed by atoms with van der Waals surface area (Å²) in [5.41, 5.74) is 22.6. The maximum atomic E-state index is 13.3. The van der Waals surface area contributed by atoms with Gasteiger partial charge in [-0.3, -0.25) is 4.79 Å². The molecule has 4 aliphatic heterocycles. The number of ether oxygens (including phenoxy) is 11. The van der Waals surface area contributed by atoms with Crippen LogP contribution in [0.1, 0.15) is 94.2 Å². The van der Waals surface area contributed by atoms with Gasteiger partial charge in [-0.2, -0.15) is 0 Å². The molecule has 4 fully saturated rings. The Morgan fingerprint density at radius 1 is 0.486 bits per heavy atom. The fourth-order valence-corrected chi connectivity index (χ4v) is 26.5. The van der Waals surface area contributed by atoms with Crippen LogP contribution in [0.25, 0.3) is 20.9 Å². The van der Waals surface area contributed by atoms with Gasteiger partial charge in [0.2, 0.25) is 0 Å². The summed E-state index contributed by atoms with van der Waals surface area (Å²) in [5.74, 6) is -2.71. The summed E-state index contributed by atoms with van der Waals surface area (Å²) in [7, 11) is -0.338. The van der Waals surface area contributed by atoms with E-state index in [0.29, 0.717) is 0 Å². The Hall–Kier alpha value is -6.25. The van der Waals surface area contributed by atoms with Crippen LogP contribution >= 0.6 is 17.1 Å². The minimum absolute atomic E-state index is 0.0355. The second-order valence-corrected chi connectivity index (χ2v) is 41.0. The number of azide groups is 2. The standard InChI is InChI=1S/C78H100B4N6O17P2Si2/c1-49-52(4)98-62(45-92-53(5)89)69(67(49)94-43-55-31-19-13-20-32-55)103-75-65(85-87-83)72(105-107-80-79)71(64(101-75)48-97-109(78(10,11)12,59-39-27-17-28-40-59)60-41-29-18-30-42-60)102-74-51(3)68(95-44-56-33-21-14-22-34-56)70(63(100-74)46-93-54(6)90)104-76-66(86-88-84)73(106-82-81-91)50(2)61(99-76)47-96-108(77(7,8)9,57-35-23-15-24-36-57)58-37-25-16-26-38-58/h13-42,49-52,61-76,106-107H,43-48H2,1-12H3/t49?,50-,51?,52+,61?,62?,63?,64?,65?,66?,67+,68+,69-,70-,71-,72-,73+,74+,75-,76-/m1/s1. The van der Waals surface area contributed by atoms with Gasteiger partial charge in [0.25, 0.3) is 8.32 Å². The van der Waals surface area contributed by atoms with Crippen LogP contribution in [0.2, 0.25) is 10.1 Å². The molecule has 4 heterocycles. The first-order chi connectivity index (χ1) is 52.5. The summed E-state index contributed by atoms with van der Waals surface area (Å²) in [5, 5.41) is 12.0. The average Bonchev–Trinajstić information content (AvgIpc) is 0.749. The van der Waals surface area contributed by atoms with E-state index in [1.54, 1.807) is 0 Å². The molecule has 0 bridgehead atoms. The third kappa shape index (κ3) is 20.6. The summed E-state index contributed by atoms with van der Waals surface area (Å²) in [6, 6.07) is 57.5. The quantitative estimate of drug-likeness (QED) is 0.00906. The van der Waals surface area contributed by atoms with Gasteiger partial charge in [-0.1, -0.05) is 142 Å². The van der Waals surface area contributed by atoms with E-state index in [1.165, 1.54) is 27.6 Å². The van der Waals surface area contributed by atoms with Gasteiger partial charge in [-0.15, -0.1) is 0 Å². The zero-order valence-corrected chi connectivity index (χ0v) is 68.0. The molecule has 22 atom stereocenters. The molecule has 6 aromatic carbocycles. The molecular formula is C78H100B4N6O17P2Si2. The van der Waals surface area contributed by atoms with E-state index >= 15 is 0 Å². The fourth-order valence-electron chi connectivity index (χ4n) is 15.6. The van der Waals surface area contributed by atoms with Gasteiger partial charge >= 0.3 is 322 Å². The van der Waals surface area contributed by atoms with Crippen molar-refractivity contribution in [2.24, 2.45) is 28.0 Å². The Morgan fingerprint density at radius 3 is 1.28 bits per heavy atom. The molecule has 4 saturated heterocycles. The van der Waals surface area contributed by atoms with Gasteiger partial charge in [0.15, 0.2) is 6.29 Å². The monoisotopic (exact) mass is 1550 g/mol. The number of nitrogens with zero attached hydrogens (tertiary/aromatic N) is 6. The van der Waals surface area contributed by atoms with Gasteiger partial charge in [-0.05, 0) is 42.1 Å². The number of rotatable bonds is 34. The SMILES string of the molecule is [B][B]PO[C@@H]1C(N=[N+]=[N-])[C@@H](O[C@@H]2C(COC(C)=O)O[C@@H](C)C(C)[C@@H]2OCc2ccccc2)OC(CO[Si](c2ccccc2)(c2ccccc2)C(C)(C)C)[C@H]1O[C@@H]1OC(COC(C)=O)[C@@H](O[C@H]2OC(CO[Si](c3ccccc3)(c3ccccc3)C(C)(C)C)[C@@H](C)[C@H](P[B]B=O)C2N=[N+]=[N-])[C@@H](OCc2ccccc2)C1C. The average molecular weight is 1560 g/mol. The molecule has 31 heteroatoms. The second-order valence-electron chi connectivity index (χ2n) is 30.2. The normalized spacial score (nSPS) is 29.0. The molecule has 6 aromatic rings. The minimum atomic E-state index is -3.48. The van der Waals surface area contributed by atoms with E-state index in [0.717, 1.165) is 38.9 Å². The molecule has 0 N–H and O–H groups in total. The van der Waals surface area contributed by atoms with Crippen LogP contribution < -0.4 is 20.7 Å². The number of hydrogen-bond acceptors (Lipinski definition) is 19. The predicted octanol–water partition coefficient (Wildman–Crippen LogP) is 11.1. The van der Waals surface area contributed by atoms with Crippen LogP contribution in [-0.4, -0.2) is 187 Å². The van der Waals surface area contributed by atoms with Crippen molar-refractivity contribution < 1.29 is 79.8 Å². The Labute approximate surface area is 649 Å². The number of benzene rings is 6. The number of carbonyl (C=O) groups is 2. The zero-order valence-electron chi connectivity index (χ0n) is 64.0. The molecule has 574 valence electrons. The van der Waals surface area contributed by atoms with Gasteiger partial charge in [-0.25, -0.2) is 0 Å². The van der Waals surface area contributed by atoms with Gasteiger partial charge in [0.05, 0.1) is 25.4 Å². The van der Waals surface area contributed by atoms with Gasteiger partial charge in [0, 0.05) is 25.5 Å². The summed E-state index contributed by atoms with van der Waals surface area (Å²) in [6.07, 6.45) is -15.3. The van der Waals surface area contributed by atoms with E-state index in [4.69, 9.17) is 73.2 Å². The van der Waals surface area contributed by atoms with Crippen LogP contribution in [0.5, 0.6) is 0 Å². The van der Waals surface area contributed by atoms with Crippen LogP contribution in [-0.2, 0) is 93.0 Å². The molecule has 10 rings (SSSR count). The molecule has 109 heavy (non-hydrogen) atoms. The van der Waals surface area contributed by atoms with Crippen molar-refractivity contribution in [3.8, 4) is 0 Å². The molecule has 0 aromatic heterocycles. The van der Waals surface area contributed by atoms with Gasteiger partial charge < -0.3 is 32.6 Å². The maximum absolute atomic E-state index is 13.3. The third-order valence-electron chi connectivity index (χ3n) is 21.1. The topological polar surface area (TPSA) is 278 Å². The molecule has 10 unspecified atom stereocenters. The Kier molecular flexibility index (Phi) is 31.2. The van der Waals surface area contributed by atoms with Crippen molar-refractivity contribution in [3.05, 3.63) is 214 Å². The molecular weight excluding hydrogens is 1450 g/mol. The van der Waals surface area contributed by atoms with E-state index in [9.17, 15) is 25.4 Å². The van der Waals surface area contributed by atoms with E-state index in [1.807, 2.05) is 161 Å². The van der Waals surface area contributed by atoms with Crippen molar-refractivity contribution in [2.45, 2.75) is 210 Å². The number of hydrogen-bond donors (Lipinski definition) is 0. The molecule has 0 spiro atoms. The summed E-state index contributed by atoms with van der Waals surface area (Å²) < 4.78 is 111. The first-order valence-corrected chi connectivity index (χ1v) is 43.2. The predicted molar refractivity (Wildman–Crippen MR) is 428 cm³/mol. The van der Waals surface area contributed by atoms with Gasteiger partial charge in [0.1, 0.15) is 44.0 Å². The molecule has 4 aliphatic rings. The first-order valence-electron chi connectivity index (χ1n) is 37.2. The summed E-state index contributed by atoms with van der Waals surface area (Å²) >= 11 is 0. The van der Waals surface area contributed by atoms with Crippen molar-refractivity contribution in [3.63, 3.8) is 0 Å². The van der Waals surface area contributed by atoms with Crippen molar-refractivity contribution in [2.75, 3.05) is 26.4 Å². The first kappa shape index (κ1) is 85.2. The van der Waals surface area contributed by atoms with Crippen LogP contribution in [0, 0.1) is 17.8 Å². The van der Waals surface area contributed by atoms with Crippen LogP contribution in [0.3, 0.4) is 0 Å². The number of carbonyl (C=O) groups excluding carboxylic acids is 2.